The van der Waals surface area contributed by atoms with Gasteiger partial charge in [0, 0.05) is 35.8 Å². The first kappa shape index (κ1) is 27.6. The van der Waals surface area contributed by atoms with E-state index < -0.39 is 33.7 Å². The number of amides is 1. The maximum absolute atomic E-state index is 14.4. The largest absolute Gasteiger partial charge is 0.491 e. The molecule has 1 aromatic heterocycles. The highest BCUT2D eigenvalue weighted by Gasteiger charge is 2.20. The van der Waals surface area contributed by atoms with Crippen LogP contribution in [0.5, 0.6) is 5.75 Å². The highest BCUT2D eigenvalue weighted by molar-refractivity contribution is 6.31. The molecule has 0 aliphatic heterocycles. The summed E-state index contributed by atoms with van der Waals surface area (Å²) < 4.78 is 34.0. The smallest absolute Gasteiger partial charge is 0.270 e. The van der Waals surface area contributed by atoms with E-state index in [4.69, 9.17) is 16.3 Å². The van der Waals surface area contributed by atoms with Crippen LogP contribution in [0, 0.1) is 21.7 Å². The summed E-state index contributed by atoms with van der Waals surface area (Å²) in [4.78, 5) is 34.0. The van der Waals surface area contributed by atoms with Gasteiger partial charge in [-0.25, -0.2) is 18.7 Å². The predicted molar refractivity (Wildman–Crippen MR) is 144 cm³/mol. The number of halogens is 3. The van der Waals surface area contributed by atoms with Crippen LogP contribution in [0.4, 0.5) is 31.7 Å². The molecule has 0 saturated heterocycles. The number of nitrogens with one attached hydrogen (secondary N) is 2. The third-order valence-corrected chi connectivity index (χ3v) is 5.87. The van der Waals surface area contributed by atoms with E-state index in [1.165, 1.54) is 30.6 Å². The highest BCUT2D eigenvalue weighted by Crippen LogP contribution is 2.34. The van der Waals surface area contributed by atoms with Crippen LogP contribution in [0.3, 0.4) is 0 Å². The predicted octanol–water partition coefficient (Wildman–Crippen LogP) is 5.80. The van der Waals surface area contributed by atoms with Gasteiger partial charge in [0.2, 0.25) is 0 Å². The first-order valence-electron chi connectivity index (χ1n) is 11.7. The molecule has 0 bridgehead atoms. The van der Waals surface area contributed by atoms with Gasteiger partial charge in [0.25, 0.3) is 11.6 Å². The number of benzene rings is 3. The number of nitro benzene ring substituents is 1. The van der Waals surface area contributed by atoms with Crippen molar-refractivity contribution in [3.63, 3.8) is 0 Å². The van der Waals surface area contributed by atoms with E-state index in [-0.39, 0.29) is 16.5 Å². The van der Waals surface area contributed by atoms with Gasteiger partial charge in [-0.15, -0.1) is 0 Å². The van der Waals surface area contributed by atoms with Crippen molar-refractivity contribution in [2.75, 3.05) is 37.9 Å². The fraction of sp³-hybridized carbons (Fsp3) is 0.192. The van der Waals surface area contributed by atoms with Crippen LogP contribution in [0.25, 0.3) is 10.9 Å². The molecule has 1 amide bonds. The van der Waals surface area contributed by atoms with Crippen molar-refractivity contribution in [2.45, 2.75) is 6.42 Å². The average Bonchev–Trinajstić information content (AvgIpc) is 2.89. The molecule has 39 heavy (non-hydrogen) atoms. The Labute approximate surface area is 226 Å². The van der Waals surface area contributed by atoms with E-state index in [9.17, 15) is 23.7 Å². The van der Waals surface area contributed by atoms with Gasteiger partial charge >= 0.3 is 0 Å². The van der Waals surface area contributed by atoms with Gasteiger partial charge < -0.3 is 20.3 Å². The number of nitro groups is 1. The highest BCUT2D eigenvalue weighted by atomic mass is 35.5. The lowest BCUT2D eigenvalue weighted by Crippen LogP contribution is -2.17. The third-order valence-electron chi connectivity index (χ3n) is 5.58. The number of hydrogen-bond donors (Lipinski definition) is 2. The lowest BCUT2D eigenvalue weighted by molar-refractivity contribution is -0.384. The van der Waals surface area contributed by atoms with Crippen LogP contribution in [0.15, 0.2) is 54.9 Å². The first-order chi connectivity index (χ1) is 18.6. The number of rotatable bonds is 10. The standard InChI is InChI=1S/C26H23ClF2N6O4/c1-34(2)8-3-9-39-24-13-22-18(25(31-14-30-22)32-15-4-6-21(29)19(27)10-15)12-23(24)33-26(36)17-11-16(35(37)38)5-7-20(17)28/h4-7,10-14H,3,8-9H2,1-2H3,(H,33,36)(H,30,31,32). The molecule has 2 N–H and O–H groups in total. The molecule has 0 fully saturated rings. The Balaban J connectivity index is 1.72. The number of ether oxygens (including phenoxy) is 1. The third kappa shape index (κ3) is 6.72. The van der Waals surface area contributed by atoms with E-state index in [2.05, 4.69) is 20.6 Å². The number of carbonyl (C=O) groups excluding carboxylic acids is 1. The number of fused-ring (bicyclic) bond motifs is 1. The fourth-order valence-corrected chi connectivity index (χ4v) is 3.85. The molecular weight excluding hydrogens is 534 g/mol. The van der Waals surface area contributed by atoms with E-state index in [0.717, 1.165) is 24.7 Å². The minimum atomic E-state index is -0.925. The summed E-state index contributed by atoms with van der Waals surface area (Å²) in [6, 6.07) is 9.89. The minimum Gasteiger partial charge on any atom is -0.491 e. The van der Waals surface area contributed by atoms with Crippen molar-refractivity contribution in [3.8, 4) is 5.75 Å². The van der Waals surface area contributed by atoms with E-state index >= 15 is 0 Å². The van der Waals surface area contributed by atoms with Crippen molar-refractivity contribution in [2.24, 2.45) is 0 Å². The molecule has 0 saturated carbocycles. The second-order valence-electron chi connectivity index (χ2n) is 8.72. The molecule has 0 spiro atoms. The molecule has 0 radical (unpaired) electrons. The van der Waals surface area contributed by atoms with Crippen molar-refractivity contribution in [1.82, 2.24) is 14.9 Å². The maximum Gasteiger partial charge on any atom is 0.270 e. The Morgan fingerprint density at radius 3 is 2.59 bits per heavy atom. The zero-order chi connectivity index (χ0) is 28.1. The Morgan fingerprint density at radius 2 is 1.87 bits per heavy atom. The van der Waals surface area contributed by atoms with Crippen LogP contribution in [0.2, 0.25) is 5.02 Å². The van der Waals surface area contributed by atoms with Gasteiger partial charge in [0.05, 0.1) is 33.3 Å². The summed E-state index contributed by atoms with van der Waals surface area (Å²) >= 11 is 5.90. The SMILES string of the molecule is CN(C)CCCOc1cc2ncnc(Nc3ccc(F)c(Cl)c3)c2cc1NC(=O)c1cc([N+](=O)[O-])ccc1F. The van der Waals surface area contributed by atoms with Gasteiger partial charge in [-0.1, -0.05) is 11.6 Å². The summed E-state index contributed by atoms with van der Waals surface area (Å²) in [5.74, 6) is -1.84. The molecule has 0 atom stereocenters. The molecule has 0 aliphatic rings. The van der Waals surface area contributed by atoms with Crippen molar-refractivity contribution >= 4 is 51.3 Å². The summed E-state index contributed by atoms with van der Waals surface area (Å²) in [5, 5.41) is 17.1. The van der Waals surface area contributed by atoms with Gasteiger partial charge in [-0.3, -0.25) is 14.9 Å². The first-order valence-corrected chi connectivity index (χ1v) is 12.0. The maximum atomic E-state index is 14.4. The summed E-state index contributed by atoms with van der Waals surface area (Å²) in [5.41, 5.74) is 0.139. The van der Waals surface area contributed by atoms with Crippen LogP contribution in [0.1, 0.15) is 16.8 Å². The Morgan fingerprint density at radius 1 is 1.10 bits per heavy atom. The molecule has 202 valence electrons. The Bertz CT molecular complexity index is 1550. The number of nitrogens with zero attached hydrogens (tertiary/aromatic N) is 4. The second kappa shape index (κ2) is 12.0. The molecule has 13 heteroatoms. The van der Waals surface area contributed by atoms with E-state index in [0.29, 0.717) is 35.4 Å². The summed E-state index contributed by atoms with van der Waals surface area (Å²) in [7, 11) is 3.85. The molecule has 1 heterocycles. The lowest BCUT2D eigenvalue weighted by Gasteiger charge is -2.16. The lowest BCUT2D eigenvalue weighted by atomic mass is 10.1. The van der Waals surface area contributed by atoms with E-state index in [1.54, 1.807) is 6.07 Å². The number of non-ortho nitro benzene ring substituents is 1. The van der Waals surface area contributed by atoms with Crippen LogP contribution in [-0.4, -0.2) is 52.9 Å². The van der Waals surface area contributed by atoms with Crippen molar-refractivity contribution in [1.29, 1.82) is 0 Å². The molecule has 3 aromatic carbocycles. The van der Waals surface area contributed by atoms with Crippen molar-refractivity contribution < 1.29 is 23.2 Å². The van der Waals surface area contributed by atoms with Crippen LogP contribution in [-0.2, 0) is 0 Å². The number of carbonyl (C=O) groups is 1. The van der Waals surface area contributed by atoms with Crippen molar-refractivity contribution in [3.05, 3.63) is 87.2 Å². The van der Waals surface area contributed by atoms with Gasteiger partial charge in [0.1, 0.15) is 29.5 Å². The molecule has 10 nitrogen and oxygen atoms in total. The van der Waals surface area contributed by atoms with Crippen LogP contribution >= 0.6 is 11.6 Å². The molecular formula is C26H23ClF2N6O4. The molecule has 0 aliphatic carbocycles. The number of hydrogen-bond acceptors (Lipinski definition) is 8. The Kier molecular flexibility index (Phi) is 8.47. The monoisotopic (exact) mass is 556 g/mol. The second-order valence-corrected chi connectivity index (χ2v) is 9.13. The minimum absolute atomic E-state index is 0.0845. The summed E-state index contributed by atoms with van der Waals surface area (Å²) in [6.07, 6.45) is 2.00. The quantitative estimate of drug-likeness (QED) is 0.143. The number of aromatic nitrogens is 2. The normalized spacial score (nSPS) is 11.0. The summed E-state index contributed by atoms with van der Waals surface area (Å²) in [6.45, 7) is 1.06. The zero-order valence-corrected chi connectivity index (χ0v) is 21.6. The van der Waals surface area contributed by atoms with Gasteiger partial charge in [0.15, 0.2) is 0 Å². The average molecular weight is 557 g/mol. The number of anilines is 3. The molecule has 0 unspecified atom stereocenters. The topological polar surface area (TPSA) is 123 Å². The molecule has 4 rings (SSSR count). The molecule has 4 aromatic rings. The zero-order valence-electron chi connectivity index (χ0n) is 20.9. The van der Waals surface area contributed by atoms with Crippen LogP contribution < -0.4 is 15.4 Å². The van der Waals surface area contributed by atoms with E-state index in [1.807, 2.05) is 19.0 Å². The van der Waals surface area contributed by atoms with Gasteiger partial charge in [-0.05, 0) is 50.8 Å². The fourth-order valence-electron chi connectivity index (χ4n) is 3.66. The Hall–Kier alpha value is -4.42. The van der Waals surface area contributed by atoms with Gasteiger partial charge in [-0.2, -0.15) is 0 Å².